The van der Waals surface area contributed by atoms with E-state index in [4.69, 9.17) is 14.2 Å². The summed E-state index contributed by atoms with van der Waals surface area (Å²) >= 11 is 0. The fourth-order valence-electron chi connectivity index (χ4n) is 9.48. The molecule has 0 rings (SSSR count). The van der Waals surface area contributed by atoms with Crippen LogP contribution in [0.3, 0.4) is 0 Å². The Hall–Kier alpha value is -3.41. The van der Waals surface area contributed by atoms with E-state index in [0.29, 0.717) is 19.3 Å². The van der Waals surface area contributed by atoms with Crippen LogP contribution < -0.4 is 0 Å². The van der Waals surface area contributed by atoms with Crippen molar-refractivity contribution in [2.24, 2.45) is 0 Å². The molecule has 0 saturated carbocycles. The van der Waals surface area contributed by atoms with Crippen molar-refractivity contribution in [3.05, 3.63) is 85.1 Å². The molecule has 0 aromatic rings. The Bertz CT molecular complexity index is 1470. The number of carbonyl (C=O) groups excluding carboxylic acids is 3. The van der Waals surface area contributed by atoms with Crippen LogP contribution in [0.5, 0.6) is 0 Å². The Morgan fingerprint density at radius 3 is 0.792 bits per heavy atom. The van der Waals surface area contributed by atoms with Gasteiger partial charge >= 0.3 is 17.9 Å². The second-order valence-corrected chi connectivity index (χ2v) is 22.0. The second kappa shape index (κ2) is 65.1. The van der Waals surface area contributed by atoms with E-state index in [0.717, 1.165) is 109 Å². The predicted molar refractivity (Wildman–Crippen MR) is 334 cm³/mol. The molecule has 6 heteroatoms. The summed E-state index contributed by atoms with van der Waals surface area (Å²) in [4.78, 5) is 38.1. The van der Waals surface area contributed by atoms with E-state index in [9.17, 15) is 14.4 Å². The highest BCUT2D eigenvalue weighted by Gasteiger charge is 2.19. The fraction of sp³-hybridized carbons (Fsp3) is 0.761. The smallest absolute Gasteiger partial charge is 0.306 e. The first-order valence-electron chi connectivity index (χ1n) is 33.1. The molecule has 77 heavy (non-hydrogen) atoms. The largest absolute Gasteiger partial charge is 0.462 e. The molecule has 0 radical (unpaired) electrons. The molecule has 0 aliphatic heterocycles. The van der Waals surface area contributed by atoms with Gasteiger partial charge in [0.1, 0.15) is 13.2 Å². The highest BCUT2D eigenvalue weighted by molar-refractivity contribution is 5.71. The van der Waals surface area contributed by atoms with Gasteiger partial charge in [0.15, 0.2) is 6.10 Å². The van der Waals surface area contributed by atoms with Crippen molar-refractivity contribution in [3.63, 3.8) is 0 Å². The lowest BCUT2D eigenvalue weighted by Gasteiger charge is -2.18. The molecule has 1 unspecified atom stereocenters. The predicted octanol–water partition coefficient (Wildman–Crippen LogP) is 22.7. The molecule has 0 aromatic heterocycles. The molecule has 0 spiro atoms. The lowest BCUT2D eigenvalue weighted by Crippen LogP contribution is -2.30. The number of unbranched alkanes of at least 4 members (excludes halogenated alkanes) is 35. The van der Waals surface area contributed by atoms with Gasteiger partial charge in [0, 0.05) is 19.3 Å². The van der Waals surface area contributed by atoms with E-state index in [2.05, 4.69) is 106 Å². The molecule has 0 aliphatic rings. The minimum atomic E-state index is -0.777. The summed E-state index contributed by atoms with van der Waals surface area (Å²) in [7, 11) is 0. The van der Waals surface area contributed by atoms with Crippen molar-refractivity contribution in [1.82, 2.24) is 0 Å². The normalized spacial score (nSPS) is 12.6. The summed E-state index contributed by atoms with van der Waals surface area (Å²) in [6.07, 6.45) is 86.2. The zero-order valence-electron chi connectivity index (χ0n) is 51.0. The van der Waals surface area contributed by atoms with Gasteiger partial charge < -0.3 is 14.2 Å². The van der Waals surface area contributed by atoms with Crippen LogP contribution in [0.1, 0.15) is 329 Å². The van der Waals surface area contributed by atoms with Crippen LogP contribution in [0.15, 0.2) is 85.1 Å². The van der Waals surface area contributed by atoms with Crippen LogP contribution in [-0.4, -0.2) is 37.2 Å². The third-order valence-corrected chi connectivity index (χ3v) is 14.4. The van der Waals surface area contributed by atoms with Gasteiger partial charge in [-0.1, -0.05) is 318 Å². The van der Waals surface area contributed by atoms with E-state index >= 15 is 0 Å². The molecule has 0 heterocycles. The molecule has 0 fully saturated rings. The molecule has 1 atom stereocenters. The quantitative estimate of drug-likeness (QED) is 0.0261. The van der Waals surface area contributed by atoms with Crippen molar-refractivity contribution < 1.29 is 28.6 Å². The maximum atomic E-state index is 12.9. The molecule has 0 aliphatic carbocycles. The number of hydrogen-bond donors (Lipinski definition) is 0. The zero-order valence-corrected chi connectivity index (χ0v) is 51.0. The summed E-state index contributed by atoms with van der Waals surface area (Å²) in [6.45, 7) is 6.51. The zero-order chi connectivity index (χ0) is 55.7. The average molecular weight is 1070 g/mol. The Labute approximate surface area is 477 Å². The van der Waals surface area contributed by atoms with Crippen molar-refractivity contribution in [2.75, 3.05) is 13.2 Å². The lowest BCUT2D eigenvalue weighted by atomic mass is 10.0. The summed E-state index contributed by atoms with van der Waals surface area (Å²) < 4.78 is 16.9. The van der Waals surface area contributed by atoms with Crippen LogP contribution >= 0.6 is 0 Å². The maximum Gasteiger partial charge on any atom is 0.306 e. The van der Waals surface area contributed by atoms with Crippen LogP contribution in [0.25, 0.3) is 0 Å². The number of esters is 3. The van der Waals surface area contributed by atoms with Crippen LogP contribution in [-0.2, 0) is 28.6 Å². The Kier molecular flexibility index (Phi) is 62.2. The third kappa shape index (κ3) is 63.3. The van der Waals surface area contributed by atoms with Gasteiger partial charge in [-0.25, -0.2) is 0 Å². The van der Waals surface area contributed by atoms with Gasteiger partial charge in [-0.3, -0.25) is 14.4 Å². The van der Waals surface area contributed by atoms with E-state index < -0.39 is 6.10 Å². The topological polar surface area (TPSA) is 78.9 Å². The standard InChI is InChI=1S/C71H124O6/c1-4-7-10-13-16-18-20-22-24-26-28-30-32-33-34-35-36-37-39-40-42-44-46-48-50-52-55-58-61-64-70(73)76-67-68(66-75-69(72)63-60-57-54-15-12-9-6-3)77-71(74)65-62-59-56-53-51-49-47-45-43-41-38-31-29-27-25-23-21-19-17-14-11-8-5-2/h7,10,16,18,22,24,28,30,33-34,36-37,40,42,68H,4-6,8-9,11-15,17,19-21,23,25-27,29,31-32,35,38-39,41,43-67H2,1-3H3/b10-7-,18-16-,24-22-,30-28-,34-33-,37-36-,42-40-. The number of allylic oxidation sites excluding steroid dienone is 14. The van der Waals surface area contributed by atoms with Crippen LogP contribution in [0.4, 0.5) is 0 Å². The molecule has 0 bridgehead atoms. The SMILES string of the molecule is CC/C=C\C/C=C\C/C=C\C/C=C\C/C=C\C/C=C\C/C=C\CCCCCCCCCC(=O)OCC(COC(=O)CCCCCCCCC)OC(=O)CCCCCCCCCCCCCCCCCCCCCCCCC. The third-order valence-electron chi connectivity index (χ3n) is 14.4. The van der Waals surface area contributed by atoms with Crippen molar-refractivity contribution in [2.45, 2.75) is 335 Å². The first-order valence-corrected chi connectivity index (χ1v) is 33.1. The van der Waals surface area contributed by atoms with Crippen molar-refractivity contribution in [1.29, 1.82) is 0 Å². The van der Waals surface area contributed by atoms with Gasteiger partial charge in [0.25, 0.3) is 0 Å². The summed E-state index contributed by atoms with van der Waals surface area (Å²) in [5.74, 6) is -0.880. The molecular weight excluding hydrogens is 949 g/mol. The van der Waals surface area contributed by atoms with Gasteiger partial charge in [0.2, 0.25) is 0 Å². The Morgan fingerprint density at radius 1 is 0.273 bits per heavy atom. The van der Waals surface area contributed by atoms with Crippen molar-refractivity contribution in [3.8, 4) is 0 Å². The molecule has 0 saturated heterocycles. The highest BCUT2D eigenvalue weighted by atomic mass is 16.6. The Balaban J connectivity index is 4.14. The molecule has 0 N–H and O–H groups in total. The first kappa shape index (κ1) is 73.6. The minimum absolute atomic E-state index is 0.0764. The Morgan fingerprint density at radius 2 is 0.506 bits per heavy atom. The van der Waals surface area contributed by atoms with Crippen LogP contribution in [0, 0.1) is 0 Å². The maximum absolute atomic E-state index is 12.9. The summed E-state index contributed by atoms with van der Waals surface area (Å²) in [6, 6.07) is 0. The molecule has 444 valence electrons. The van der Waals surface area contributed by atoms with Gasteiger partial charge in [0.05, 0.1) is 0 Å². The number of carbonyl (C=O) groups is 3. The summed E-state index contributed by atoms with van der Waals surface area (Å²) in [5.41, 5.74) is 0. The van der Waals surface area contributed by atoms with Gasteiger partial charge in [-0.05, 0) is 77.0 Å². The second-order valence-electron chi connectivity index (χ2n) is 22.0. The minimum Gasteiger partial charge on any atom is -0.462 e. The molecule has 0 amide bonds. The van der Waals surface area contributed by atoms with E-state index in [1.165, 1.54) is 180 Å². The number of rotatable bonds is 60. The summed E-state index contributed by atoms with van der Waals surface area (Å²) in [5, 5.41) is 0. The van der Waals surface area contributed by atoms with Gasteiger partial charge in [-0.2, -0.15) is 0 Å². The monoisotopic (exact) mass is 1070 g/mol. The van der Waals surface area contributed by atoms with E-state index in [1.54, 1.807) is 0 Å². The average Bonchev–Trinajstić information content (AvgIpc) is 3.43. The highest BCUT2D eigenvalue weighted by Crippen LogP contribution is 2.17. The first-order chi connectivity index (χ1) is 38.0. The molecular formula is C71H124O6. The van der Waals surface area contributed by atoms with E-state index in [-0.39, 0.29) is 31.1 Å². The fourth-order valence-corrected chi connectivity index (χ4v) is 9.48. The number of ether oxygens (including phenoxy) is 3. The van der Waals surface area contributed by atoms with Crippen LogP contribution in [0.2, 0.25) is 0 Å². The number of hydrogen-bond acceptors (Lipinski definition) is 6. The molecule has 0 aromatic carbocycles. The van der Waals surface area contributed by atoms with Gasteiger partial charge in [-0.15, -0.1) is 0 Å². The van der Waals surface area contributed by atoms with Crippen molar-refractivity contribution >= 4 is 17.9 Å². The molecule has 6 nitrogen and oxygen atoms in total. The van der Waals surface area contributed by atoms with E-state index in [1.807, 2.05) is 0 Å². The lowest BCUT2D eigenvalue weighted by molar-refractivity contribution is -0.167.